The van der Waals surface area contributed by atoms with Crippen LogP contribution >= 0.6 is 0 Å². The van der Waals surface area contributed by atoms with Gasteiger partial charge in [-0.3, -0.25) is 9.98 Å². The molecule has 7 nitrogen and oxygen atoms in total. The molecule has 1 aromatic heterocycles. The van der Waals surface area contributed by atoms with Gasteiger partial charge in [-0.25, -0.2) is 4.79 Å². The van der Waals surface area contributed by atoms with Crippen molar-refractivity contribution in [2.24, 2.45) is 4.99 Å². The van der Waals surface area contributed by atoms with Crippen molar-refractivity contribution in [2.45, 2.75) is 32.9 Å². The van der Waals surface area contributed by atoms with E-state index in [9.17, 15) is 4.79 Å². The number of amides is 1. The van der Waals surface area contributed by atoms with E-state index in [1.807, 2.05) is 39.0 Å². The van der Waals surface area contributed by atoms with E-state index in [-0.39, 0.29) is 6.09 Å². The Morgan fingerprint density at radius 1 is 1.35 bits per heavy atom. The Hall–Kier alpha value is -2.31. The van der Waals surface area contributed by atoms with Crippen LogP contribution in [-0.4, -0.2) is 54.7 Å². The second-order valence-corrected chi connectivity index (χ2v) is 6.08. The van der Waals surface area contributed by atoms with Gasteiger partial charge in [0.05, 0.1) is 12.2 Å². The van der Waals surface area contributed by atoms with E-state index in [2.05, 4.69) is 20.6 Å². The van der Waals surface area contributed by atoms with Crippen molar-refractivity contribution in [1.82, 2.24) is 20.5 Å². The molecule has 1 heterocycles. The number of likely N-dealkylation sites (N-methyl/N-ethyl adjacent to an activating group) is 1. The van der Waals surface area contributed by atoms with E-state index in [0.717, 1.165) is 5.69 Å². The first-order valence-corrected chi connectivity index (χ1v) is 7.60. The largest absolute Gasteiger partial charge is 0.444 e. The van der Waals surface area contributed by atoms with Gasteiger partial charge < -0.3 is 20.3 Å². The molecule has 7 heteroatoms. The highest BCUT2D eigenvalue weighted by Crippen LogP contribution is 2.08. The van der Waals surface area contributed by atoms with Gasteiger partial charge in [0.2, 0.25) is 0 Å². The van der Waals surface area contributed by atoms with Crippen molar-refractivity contribution in [2.75, 3.05) is 27.2 Å². The Bertz CT molecular complexity index is 511. The molecule has 1 amide bonds. The first kappa shape index (κ1) is 18.7. The van der Waals surface area contributed by atoms with E-state index in [4.69, 9.17) is 4.74 Å². The average molecular weight is 321 g/mol. The zero-order valence-electron chi connectivity index (χ0n) is 14.6. The number of aliphatic imine (C=N–C) groups is 1. The van der Waals surface area contributed by atoms with Crippen LogP contribution in [0, 0.1) is 0 Å². The average Bonchev–Trinajstić information content (AvgIpc) is 2.49. The monoisotopic (exact) mass is 321 g/mol. The Kier molecular flexibility index (Phi) is 7.31. The minimum Gasteiger partial charge on any atom is -0.444 e. The summed E-state index contributed by atoms with van der Waals surface area (Å²) in [5.74, 6) is 0.660. The summed E-state index contributed by atoms with van der Waals surface area (Å²) in [7, 11) is 3.41. The van der Waals surface area contributed by atoms with Crippen LogP contribution in [-0.2, 0) is 11.3 Å². The lowest BCUT2D eigenvalue weighted by Gasteiger charge is -2.24. The molecule has 0 saturated heterocycles. The summed E-state index contributed by atoms with van der Waals surface area (Å²) in [4.78, 5) is 21.7. The van der Waals surface area contributed by atoms with Crippen LogP contribution in [0.25, 0.3) is 0 Å². The maximum atomic E-state index is 11.8. The number of carbonyl (C=O) groups is 1. The zero-order valence-corrected chi connectivity index (χ0v) is 14.6. The van der Waals surface area contributed by atoms with Crippen molar-refractivity contribution in [3.8, 4) is 0 Å². The van der Waals surface area contributed by atoms with E-state index < -0.39 is 5.60 Å². The molecule has 0 unspecified atom stereocenters. The molecule has 0 aliphatic rings. The predicted molar refractivity (Wildman–Crippen MR) is 91.3 cm³/mol. The number of pyridine rings is 1. The van der Waals surface area contributed by atoms with E-state index in [1.165, 1.54) is 4.90 Å². The normalized spacial score (nSPS) is 11.8. The molecule has 1 aromatic rings. The quantitative estimate of drug-likeness (QED) is 0.636. The fourth-order valence-corrected chi connectivity index (χ4v) is 1.67. The number of hydrogen-bond acceptors (Lipinski definition) is 4. The van der Waals surface area contributed by atoms with E-state index >= 15 is 0 Å². The van der Waals surface area contributed by atoms with Gasteiger partial charge in [0.1, 0.15) is 5.60 Å². The van der Waals surface area contributed by atoms with Crippen LogP contribution in [0.2, 0.25) is 0 Å². The number of aromatic nitrogens is 1. The third kappa shape index (κ3) is 8.04. The number of rotatable bonds is 5. The molecule has 0 aliphatic heterocycles. The first-order valence-electron chi connectivity index (χ1n) is 7.60. The maximum Gasteiger partial charge on any atom is 0.410 e. The van der Waals surface area contributed by atoms with Crippen molar-refractivity contribution >= 4 is 12.1 Å². The van der Waals surface area contributed by atoms with Gasteiger partial charge >= 0.3 is 6.09 Å². The molecule has 0 bridgehead atoms. The molecular weight excluding hydrogens is 294 g/mol. The fraction of sp³-hybridized carbons (Fsp3) is 0.562. The fourth-order valence-electron chi connectivity index (χ4n) is 1.67. The van der Waals surface area contributed by atoms with Gasteiger partial charge in [0.15, 0.2) is 5.96 Å². The summed E-state index contributed by atoms with van der Waals surface area (Å²) in [5.41, 5.74) is 0.445. The molecule has 1 rings (SSSR count). The third-order valence-electron chi connectivity index (χ3n) is 2.83. The molecule has 0 atom stereocenters. The molecule has 0 saturated carbocycles. The Labute approximate surface area is 138 Å². The standard InChI is InChI=1S/C16H27N5O2/c1-16(2,3)23-15(22)21(5)11-10-19-14(17-4)20-12-13-8-6-7-9-18-13/h6-9H,10-12H2,1-5H3,(H2,17,19,20). The Balaban J connectivity index is 2.31. The molecule has 0 radical (unpaired) electrons. The van der Waals surface area contributed by atoms with Gasteiger partial charge in [0.25, 0.3) is 0 Å². The van der Waals surface area contributed by atoms with Crippen molar-refractivity contribution in [3.63, 3.8) is 0 Å². The Morgan fingerprint density at radius 2 is 2.09 bits per heavy atom. The van der Waals surface area contributed by atoms with Crippen molar-refractivity contribution in [3.05, 3.63) is 30.1 Å². The number of hydrogen-bond donors (Lipinski definition) is 2. The van der Waals surface area contributed by atoms with E-state index in [0.29, 0.717) is 25.6 Å². The van der Waals surface area contributed by atoms with Crippen molar-refractivity contribution in [1.29, 1.82) is 0 Å². The Morgan fingerprint density at radius 3 is 2.65 bits per heavy atom. The van der Waals surface area contributed by atoms with Crippen LogP contribution in [0.1, 0.15) is 26.5 Å². The number of guanidine groups is 1. The summed E-state index contributed by atoms with van der Waals surface area (Å²) in [5, 5.41) is 6.32. The topological polar surface area (TPSA) is 78.9 Å². The van der Waals surface area contributed by atoms with Crippen molar-refractivity contribution < 1.29 is 9.53 Å². The van der Waals surface area contributed by atoms with Crippen LogP contribution in [0.15, 0.2) is 29.4 Å². The number of nitrogens with one attached hydrogen (secondary N) is 2. The highest BCUT2D eigenvalue weighted by Gasteiger charge is 2.19. The SMILES string of the molecule is CN=C(NCCN(C)C(=O)OC(C)(C)C)NCc1ccccn1. The second-order valence-electron chi connectivity index (χ2n) is 6.08. The lowest BCUT2D eigenvalue weighted by Crippen LogP contribution is -2.42. The molecule has 128 valence electrons. The van der Waals surface area contributed by atoms with Gasteiger partial charge in [-0.15, -0.1) is 0 Å². The highest BCUT2D eigenvalue weighted by molar-refractivity contribution is 5.79. The summed E-state index contributed by atoms with van der Waals surface area (Å²) in [6, 6.07) is 5.76. The maximum absolute atomic E-state index is 11.8. The summed E-state index contributed by atoms with van der Waals surface area (Å²) < 4.78 is 5.29. The third-order valence-corrected chi connectivity index (χ3v) is 2.83. The van der Waals surface area contributed by atoms with Gasteiger partial charge in [-0.2, -0.15) is 0 Å². The molecule has 2 N–H and O–H groups in total. The highest BCUT2D eigenvalue weighted by atomic mass is 16.6. The first-order chi connectivity index (χ1) is 10.8. The minimum atomic E-state index is -0.487. The molecule has 0 aromatic carbocycles. The molecular formula is C16H27N5O2. The smallest absolute Gasteiger partial charge is 0.410 e. The summed E-state index contributed by atoms with van der Waals surface area (Å²) in [6.45, 7) is 7.21. The van der Waals surface area contributed by atoms with Gasteiger partial charge in [-0.05, 0) is 32.9 Å². The summed E-state index contributed by atoms with van der Waals surface area (Å²) in [6.07, 6.45) is 1.42. The van der Waals surface area contributed by atoms with Crippen LogP contribution in [0.4, 0.5) is 4.79 Å². The van der Waals surface area contributed by atoms with Gasteiger partial charge in [-0.1, -0.05) is 6.07 Å². The van der Waals surface area contributed by atoms with Crippen LogP contribution in [0.5, 0.6) is 0 Å². The second kappa shape index (κ2) is 8.97. The van der Waals surface area contributed by atoms with Crippen LogP contribution in [0.3, 0.4) is 0 Å². The number of ether oxygens (including phenoxy) is 1. The number of carbonyl (C=O) groups excluding carboxylic acids is 1. The molecule has 0 fully saturated rings. The van der Waals surface area contributed by atoms with Crippen LogP contribution < -0.4 is 10.6 Å². The lowest BCUT2D eigenvalue weighted by atomic mass is 10.2. The molecule has 0 aliphatic carbocycles. The number of nitrogens with zero attached hydrogens (tertiary/aromatic N) is 3. The zero-order chi connectivity index (χ0) is 17.3. The summed E-state index contributed by atoms with van der Waals surface area (Å²) >= 11 is 0. The predicted octanol–water partition coefficient (Wildman–Crippen LogP) is 1.61. The lowest BCUT2D eigenvalue weighted by molar-refractivity contribution is 0.0302. The molecule has 0 spiro atoms. The van der Waals surface area contributed by atoms with E-state index in [1.54, 1.807) is 20.3 Å². The minimum absolute atomic E-state index is 0.337. The molecule has 23 heavy (non-hydrogen) atoms. The van der Waals surface area contributed by atoms with Gasteiger partial charge in [0, 0.05) is 33.4 Å².